The van der Waals surface area contributed by atoms with Gasteiger partial charge < -0.3 is 5.32 Å². The van der Waals surface area contributed by atoms with Crippen LogP contribution in [0.5, 0.6) is 0 Å². The molecule has 0 spiro atoms. The number of hydrogen-bond donors (Lipinski definition) is 1. The summed E-state index contributed by atoms with van der Waals surface area (Å²) in [6.45, 7) is 3.44. The molecule has 4 rings (SSSR count). The smallest absolute Gasteiger partial charge is 0.324 e. The van der Waals surface area contributed by atoms with Crippen molar-refractivity contribution >= 4 is 39.7 Å². The van der Waals surface area contributed by atoms with Crippen molar-refractivity contribution in [2.75, 3.05) is 5.32 Å². The molecule has 8 heteroatoms. The van der Waals surface area contributed by atoms with Gasteiger partial charge >= 0.3 is 5.69 Å². The van der Waals surface area contributed by atoms with Gasteiger partial charge in [0, 0.05) is 16.1 Å². The van der Waals surface area contributed by atoms with Crippen LogP contribution in [0.2, 0.25) is 5.02 Å². The Balaban J connectivity index is 1.79. The molecule has 0 aliphatic heterocycles. The van der Waals surface area contributed by atoms with Gasteiger partial charge in [-0.25, -0.2) is 9.78 Å². The molecule has 2 aromatic carbocycles. The molecule has 0 unspecified atom stereocenters. The van der Waals surface area contributed by atoms with Crippen molar-refractivity contribution in [3.8, 4) is 0 Å². The molecule has 0 radical (unpaired) electrons. The van der Waals surface area contributed by atoms with Gasteiger partial charge in [0.15, 0.2) is 5.65 Å². The van der Waals surface area contributed by atoms with Crippen LogP contribution in [0.1, 0.15) is 11.4 Å². The summed E-state index contributed by atoms with van der Waals surface area (Å²) in [5.74, 6) is 0.165. The third-order valence-corrected chi connectivity index (χ3v) is 4.57. The first kappa shape index (κ1) is 17.2. The zero-order valence-corrected chi connectivity index (χ0v) is 15.5. The van der Waals surface area contributed by atoms with Crippen LogP contribution in [0.25, 0.3) is 16.6 Å². The number of amides is 1. The van der Waals surface area contributed by atoms with Crippen LogP contribution < -0.4 is 11.0 Å². The van der Waals surface area contributed by atoms with Crippen molar-refractivity contribution in [1.82, 2.24) is 19.2 Å². The highest BCUT2D eigenvalue weighted by Crippen LogP contribution is 2.21. The van der Waals surface area contributed by atoms with Crippen molar-refractivity contribution < 1.29 is 4.79 Å². The summed E-state index contributed by atoms with van der Waals surface area (Å²) >= 11 is 6.01. The normalized spacial score (nSPS) is 11.2. The molecule has 2 aromatic heterocycles. The van der Waals surface area contributed by atoms with Gasteiger partial charge in [-0.3, -0.25) is 9.36 Å². The third kappa shape index (κ3) is 3.06. The molecule has 136 valence electrons. The third-order valence-electron chi connectivity index (χ3n) is 4.34. The fourth-order valence-corrected chi connectivity index (χ4v) is 3.23. The Bertz CT molecular complexity index is 1260. The summed E-state index contributed by atoms with van der Waals surface area (Å²) in [6.07, 6.45) is 0. The van der Waals surface area contributed by atoms with E-state index < -0.39 is 5.69 Å². The first-order chi connectivity index (χ1) is 12.9. The van der Waals surface area contributed by atoms with Gasteiger partial charge in [-0.2, -0.15) is 4.52 Å². The second kappa shape index (κ2) is 6.51. The van der Waals surface area contributed by atoms with E-state index in [0.29, 0.717) is 27.7 Å². The molecule has 27 heavy (non-hydrogen) atoms. The highest BCUT2D eigenvalue weighted by Gasteiger charge is 2.16. The Morgan fingerprint density at radius 1 is 1.19 bits per heavy atom. The second-order valence-corrected chi connectivity index (χ2v) is 6.72. The molecular weight excluding hydrogens is 366 g/mol. The maximum atomic E-state index is 12.9. The number of anilines is 1. The van der Waals surface area contributed by atoms with Crippen molar-refractivity contribution in [3.05, 3.63) is 69.4 Å². The minimum absolute atomic E-state index is 0.153. The number of para-hydroxylation sites is 1. The first-order valence-corrected chi connectivity index (χ1v) is 8.73. The number of halogens is 1. The average Bonchev–Trinajstić information content (AvgIpc) is 3.04. The van der Waals surface area contributed by atoms with E-state index in [4.69, 9.17) is 11.6 Å². The Labute approximate surface area is 159 Å². The van der Waals surface area contributed by atoms with Crippen molar-refractivity contribution in [2.24, 2.45) is 0 Å². The molecular formula is C19H16ClN5O2. The van der Waals surface area contributed by atoms with E-state index in [2.05, 4.69) is 15.4 Å². The number of fused-ring (bicyclic) bond motifs is 3. The molecule has 4 aromatic rings. The van der Waals surface area contributed by atoms with E-state index in [1.165, 1.54) is 9.08 Å². The standard InChI is InChI=1S/C19H16ClN5O2/c1-11-7-8-13(20)9-15(11)22-17(26)10-24-16-6-4-3-5-14(16)18-21-12(2)23-25(18)19(24)27/h3-9H,10H2,1-2H3,(H,22,26). The molecule has 0 fully saturated rings. The summed E-state index contributed by atoms with van der Waals surface area (Å²) in [7, 11) is 0. The lowest BCUT2D eigenvalue weighted by Gasteiger charge is -2.12. The quantitative estimate of drug-likeness (QED) is 0.591. The minimum atomic E-state index is -0.415. The summed E-state index contributed by atoms with van der Waals surface area (Å²) in [5.41, 5.74) is 2.19. The van der Waals surface area contributed by atoms with Crippen LogP contribution in [0.3, 0.4) is 0 Å². The number of hydrogen-bond acceptors (Lipinski definition) is 4. The largest absolute Gasteiger partial charge is 0.351 e. The Morgan fingerprint density at radius 2 is 1.96 bits per heavy atom. The monoisotopic (exact) mass is 381 g/mol. The maximum Gasteiger partial charge on any atom is 0.351 e. The average molecular weight is 382 g/mol. The van der Waals surface area contributed by atoms with Gasteiger partial charge in [-0.15, -0.1) is 5.10 Å². The Morgan fingerprint density at radius 3 is 2.78 bits per heavy atom. The second-order valence-electron chi connectivity index (χ2n) is 6.29. The SMILES string of the molecule is Cc1nc2c3ccccc3n(CC(=O)Nc3cc(Cl)ccc3C)c(=O)n2n1. The molecule has 0 bridgehead atoms. The number of carbonyl (C=O) groups is 1. The molecule has 1 amide bonds. The molecule has 0 atom stereocenters. The van der Waals surface area contributed by atoms with Crippen LogP contribution in [-0.2, 0) is 11.3 Å². The van der Waals surface area contributed by atoms with Crippen LogP contribution in [0.4, 0.5) is 5.69 Å². The lowest BCUT2D eigenvalue weighted by Crippen LogP contribution is -2.32. The molecule has 0 aliphatic rings. The number of benzene rings is 2. The van der Waals surface area contributed by atoms with E-state index in [9.17, 15) is 9.59 Å². The van der Waals surface area contributed by atoms with Gasteiger partial charge in [0.2, 0.25) is 5.91 Å². The molecule has 1 N–H and O–H groups in total. The summed E-state index contributed by atoms with van der Waals surface area (Å²) < 4.78 is 2.63. The molecule has 0 saturated carbocycles. The van der Waals surface area contributed by atoms with E-state index in [1.54, 1.807) is 25.1 Å². The summed E-state index contributed by atoms with van der Waals surface area (Å²) in [4.78, 5) is 29.8. The number of aromatic nitrogens is 4. The van der Waals surface area contributed by atoms with Gasteiger partial charge in [-0.05, 0) is 43.7 Å². The number of nitrogens with zero attached hydrogens (tertiary/aromatic N) is 4. The van der Waals surface area contributed by atoms with Crippen LogP contribution in [0, 0.1) is 13.8 Å². The Kier molecular flexibility index (Phi) is 4.16. The van der Waals surface area contributed by atoms with Crippen LogP contribution in [0.15, 0.2) is 47.3 Å². The van der Waals surface area contributed by atoms with E-state index in [0.717, 1.165) is 10.9 Å². The van der Waals surface area contributed by atoms with Crippen LogP contribution >= 0.6 is 11.6 Å². The fourth-order valence-electron chi connectivity index (χ4n) is 3.05. The first-order valence-electron chi connectivity index (χ1n) is 8.35. The summed E-state index contributed by atoms with van der Waals surface area (Å²) in [5, 5.41) is 8.26. The predicted molar refractivity (Wildman–Crippen MR) is 104 cm³/mol. The van der Waals surface area contributed by atoms with E-state index >= 15 is 0 Å². The highest BCUT2D eigenvalue weighted by atomic mass is 35.5. The van der Waals surface area contributed by atoms with Crippen LogP contribution in [-0.4, -0.2) is 25.1 Å². The number of carbonyl (C=O) groups excluding carboxylic acids is 1. The minimum Gasteiger partial charge on any atom is -0.324 e. The maximum absolute atomic E-state index is 12.9. The summed E-state index contributed by atoms with van der Waals surface area (Å²) in [6, 6.07) is 12.6. The topological polar surface area (TPSA) is 81.3 Å². The van der Waals surface area contributed by atoms with E-state index in [1.807, 2.05) is 31.2 Å². The molecule has 7 nitrogen and oxygen atoms in total. The fraction of sp³-hybridized carbons (Fsp3) is 0.158. The van der Waals surface area contributed by atoms with Crippen molar-refractivity contribution in [2.45, 2.75) is 20.4 Å². The zero-order valence-electron chi connectivity index (χ0n) is 14.7. The number of aryl methyl sites for hydroxylation is 2. The number of rotatable bonds is 3. The van der Waals surface area contributed by atoms with Gasteiger partial charge in [0.25, 0.3) is 0 Å². The Hall–Kier alpha value is -3.19. The predicted octanol–water partition coefficient (Wildman–Crippen LogP) is 2.95. The van der Waals surface area contributed by atoms with E-state index in [-0.39, 0.29) is 12.5 Å². The van der Waals surface area contributed by atoms with Gasteiger partial charge in [-0.1, -0.05) is 29.8 Å². The molecule has 0 saturated heterocycles. The van der Waals surface area contributed by atoms with Crippen molar-refractivity contribution in [3.63, 3.8) is 0 Å². The van der Waals surface area contributed by atoms with Gasteiger partial charge in [0.05, 0.1) is 5.52 Å². The molecule has 0 aliphatic carbocycles. The number of nitrogens with one attached hydrogen (secondary N) is 1. The van der Waals surface area contributed by atoms with Crippen molar-refractivity contribution in [1.29, 1.82) is 0 Å². The lowest BCUT2D eigenvalue weighted by atomic mass is 10.2. The van der Waals surface area contributed by atoms with Gasteiger partial charge in [0.1, 0.15) is 12.4 Å². The lowest BCUT2D eigenvalue weighted by molar-refractivity contribution is -0.116. The zero-order chi connectivity index (χ0) is 19.1. The molecule has 2 heterocycles. The highest BCUT2D eigenvalue weighted by molar-refractivity contribution is 6.31.